The van der Waals surface area contributed by atoms with Crippen LogP contribution in [0.5, 0.6) is 0 Å². The van der Waals surface area contributed by atoms with E-state index in [-0.39, 0.29) is 9.92 Å². The summed E-state index contributed by atoms with van der Waals surface area (Å²) in [6, 6.07) is 10.7. The van der Waals surface area contributed by atoms with Crippen LogP contribution in [0.25, 0.3) is 0 Å². The Labute approximate surface area is 155 Å². The van der Waals surface area contributed by atoms with Crippen LogP contribution in [0, 0.1) is 0 Å². The van der Waals surface area contributed by atoms with Crippen molar-refractivity contribution in [3.63, 3.8) is 0 Å². The van der Waals surface area contributed by atoms with Gasteiger partial charge >= 0.3 is 0 Å². The summed E-state index contributed by atoms with van der Waals surface area (Å²) < 4.78 is 27.8. The van der Waals surface area contributed by atoms with Crippen LogP contribution < -0.4 is 0 Å². The van der Waals surface area contributed by atoms with Gasteiger partial charge in [-0.05, 0) is 30.3 Å². The van der Waals surface area contributed by atoms with Crippen molar-refractivity contribution in [2.45, 2.75) is 11.4 Å². The topological polar surface area (TPSA) is 53.5 Å². The number of rotatable bonds is 4. The molecule has 1 aliphatic rings. The van der Waals surface area contributed by atoms with E-state index in [4.69, 9.17) is 11.6 Å². The van der Waals surface area contributed by atoms with Crippen molar-refractivity contribution in [2.24, 2.45) is 0 Å². The molecule has 0 aliphatic carbocycles. The van der Waals surface area contributed by atoms with Crippen molar-refractivity contribution in [3.05, 3.63) is 57.8 Å². The van der Waals surface area contributed by atoms with E-state index in [1.165, 1.54) is 4.31 Å². The Morgan fingerprint density at radius 1 is 1.12 bits per heavy atom. The van der Waals surface area contributed by atoms with Crippen LogP contribution in [0.2, 0.25) is 5.02 Å². The van der Waals surface area contributed by atoms with E-state index in [9.17, 15) is 8.42 Å². The van der Waals surface area contributed by atoms with E-state index in [2.05, 4.69) is 25.8 Å². The Hall–Kier alpha value is -0.990. The Morgan fingerprint density at radius 2 is 1.88 bits per heavy atom. The normalized spacial score (nSPS) is 17.1. The molecule has 0 unspecified atom stereocenters. The zero-order valence-corrected chi connectivity index (χ0v) is 16.1. The molecule has 5 nitrogen and oxygen atoms in total. The average molecular weight is 431 g/mol. The quantitative estimate of drug-likeness (QED) is 0.748. The van der Waals surface area contributed by atoms with Crippen molar-refractivity contribution >= 4 is 37.6 Å². The van der Waals surface area contributed by atoms with Gasteiger partial charge in [-0.15, -0.1) is 0 Å². The van der Waals surface area contributed by atoms with Crippen LogP contribution in [0.15, 0.2) is 52.0 Å². The number of hydrogen-bond acceptors (Lipinski definition) is 4. The minimum absolute atomic E-state index is 0.158. The van der Waals surface area contributed by atoms with Crippen molar-refractivity contribution < 1.29 is 8.42 Å². The highest BCUT2D eigenvalue weighted by molar-refractivity contribution is 9.10. The van der Waals surface area contributed by atoms with Crippen LogP contribution in [0.1, 0.15) is 5.69 Å². The molecule has 0 atom stereocenters. The Bertz CT molecular complexity index is 809. The molecule has 0 N–H and O–H groups in total. The van der Waals surface area contributed by atoms with Crippen LogP contribution in [0.4, 0.5) is 0 Å². The van der Waals surface area contributed by atoms with Gasteiger partial charge in [0.15, 0.2) is 0 Å². The van der Waals surface area contributed by atoms with Crippen molar-refractivity contribution in [1.82, 2.24) is 14.2 Å². The van der Waals surface area contributed by atoms with Crippen molar-refractivity contribution in [1.29, 1.82) is 0 Å². The molecule has 1 saturated heterocycles. The fourth-order valence-electron chi connectivity index (χ4n) is 2.67. The molecule has 2 heterocycles. The third-order valence-corrected chi connectivity index (χ3v) is 6.83. The molecule has 0 amide bonds. The van der Waals surface area contributed by atoms with Crippen LogP contribution in [0.3, 0.4) is 0 Å². The first kappa shape index (κ1) is 17.8. The molecule has 1 fully saturated rings. The SMILES string of the molecule is O=S(=O)(c1ccc(Br)cc1Cl)N1CCN(Cc2ccccn2)CC1. The Kier molecular flexibility index (Phi) is 5.56. The third kappa shape index (κ3) is 3.97. The van der Waals surface area contributed by atoms with Gasteiger partial charge in [0.2, 0.25) is 10.0 Å². The lowest BCUT2D eigenvalue weighted by Crippen LogP contribution is -2.48. The van der Waals surface area contributed by atoms with Crippen LogP contribution in [-0.2, 0) is 16.6 Å². The van der Waals surface area contributed by atoms with Gasteiger partial charge in [-0.1, -0.05) is 33.6 Å². The van der Waals surface area contributed by atoms with E-state index < -0.39 is 10.0 Å². The van der Waals surface area contributed by atoms with E-state index in [0.717, 1.165) is 16.7 Å². The number of nitrogens with zero attached hydrogens (tertiary/aromatic N) is 3. The maximum absolute atomic E-state index is 12.8. The summed E-state index contributed by atoms with van der Waals surface area (Å²) in [4.78, 5) is 6.68. The summed E-state index contributed by atoms with van der Waals surface area (Å²) in [6.07, 6.45) is 1.77. The number of benzene rings is 1. The largest absolute Gasteiger partial charge is 0.295 e. The molecule has 8 heteroatoms. The summed E-state index contributed by atoms with van der Waals surface area (Å²) in [7, 11) is -3.57. The van der Waals surface area contributed by atoms with E-state index in [1.54, 1.807) is 24.4 Å². The summed E-state index contributed by atoms with van der Waals surface area (Å²) in [5, 5.41) is 0.236. The molecular formula is C16H17BrClN3O2S. The van der Waals surface area contributed by atoms with Crippen molar-refractivity contribution in [2.75, 3.05) is 26.2 Å². The van der Waals surface area contributed by atoms with Crippen LogP contribution >= 0.6 is 27.5 Å². The van der Waals surface area contributed by atoms with Gasteiger partial charge in [0.05, 0.1) is 10.7 Å². The first-order chi connectivity index (χ1) is 11.5. The molecule has 0 bridgehead atoms. The molecule has 2 aromatic rings. The van der Waals surface area contributed by atoms with Gasteiger partial charge in [0.25, 0.3) is 0 Å². The molecular weight excluding hydrogens is 414 g/mol. The van der Waals surface area contributed by atoms with Gasteiger partial charge in [0.1, 0.15) is 4.90 Å². The second-order valence-electron chi connectivity index (χ2n) is 5.58. The summed E-state index contributed by atoms with van der Waals surface area (Å²) in [5.74, 6) is 0. The summed E-state index contributed by atoms with van der Waals surface area (Å²) >= 11 is 9.41. The standard InChI is InChI=1S/C16H17BrClN3O2S/c17-13-4-5-16(15(18)11-13)24(22,23)21-9-7-20(8-10-21)12-14-3-1-2-6-19-14/h1-6,11H,7-10,12H2. The van der Waals surface area contributed by atoms with Gasteiger partial charge in [-0.3, -0.25) is 9.88 Å². The number of aromatic nitrogens is 1. The maximum Gasteiger partial charge on any atom is 0.244 e. The van der Waals surface area contributed by atoms with Gasteiger partial charge in [-0.25, -0.2) is 8.42 Å². The first-order valence-electron chi connectivity index (χ1n) is 7.54. The van der Waals surface area contributed by atoms with Crippen LogP contribution in [-0.4, -0.2) is 48.8 Å². The lowest BCUT2D eigenvalue weighted by atomic mass is 10.3. The smallest absolute Gasteiger partial charge is 0.244 e. The molecule has 24 heavy (non-hydrogen) atoms. The highest BCUT2D eigenvalue weighted by Crippen LogP contribution is 2.28. The highest BCUT2D eigenvalue weighted by Gasteiger charge is 2.30. The zero-order chi connectivity index (χ0) is 17.2. The molecule has 0 radical (unpaired) electrons. The minimum Gasteiger partial charge on any atom is -0.295 e. The van der Waals surface area contributed by atoms with Crippen molar-refractivity contribution in [3.8, 4) is 0 Å². The molecule has 3 rings (SSSR count). The third-order valence-electron chi connectivity index (χ3n) is 3.95. The van der Waals surface area contributed by atoms with E-state index in [0.29, 0.717) is 26.2 Å². The summed E-state index contributed by atoms with van der Waals surface area (Å²) in [6.45, 7) is 2.96. The Morgan fingerprint density at radius 3 is 2.50 bits per heavy atom. The number of piperazine rings is 1. The van der Waals surface area contributed by atoms with E-state index in [1.807, 2.05) is 18.2 Å². The van der Waals surface area contributed by atoms with E-state index >= 15 is 0 Å². The molecule has 1 aromatic carbocycles. The number of hydrogen-bond donors (Lipinski definition) is 0. The molecule has 1 aromatic heterocycles. The fraction of sp³-hybridized carbons (Fsp3) is 0.312. The minimum atomic E-state index is -3.57. The molecule has 0 spiro atoms. The average Bonchev–Trinajstić information content (AvgIpc) is 2.56. The zero-order valence-electron chi connectivity index (χ0n) is 12.9. The first-order valence-corrected chi connectivity index (χ1v) is 10.2. The Balaban J connectivity index is 1.67. The second kappa shape index (κ2) is 7.49. The predicted molar refractivity (Wildman–Crippen MR) is 97.4 cm³/mol. The lowest BCUT2D eigenvalue weighted by Gasteiger charge is -2.33. The van der Waals surface area contributed by atoms with Gasteiger partial charge in [0, 0.05) is 43.4 Å². The molecule has 128 valence electrons. The second-order valence-corrected chi connectivity index (χ2v) is 8.81. The van der Waals surface area contributed by atoms with Gasteiger partial charge < -0.3 is 0 Å². The maximum atomic E-state index is 12.8. The number of halogens is 2. The summed E-state index contributed by atoms with van der Waals surface area (Å²) in [5.41, 5.74) is 0.991. The lowest BCUT2D eigenvalue weighted by molar-refractivity contribution is 0.180. The number of pyridine rings is 1. The fourth-order valence-corrected chi connectivity index (χ4v) is 5.11. The predicted octanol–water partition coefficient (Wildman–Crippen LogP) is 3.00. The molecule has 0 saturated carbocycles. The van der Waals surface area contributed by atoms with Gasteiger partial charge in [-0.2, -0.15) is 4.31 Å². The molecule has 1 aliphatic heterocycles. The highest BCUT2D eigenvalue weighted by atomic mass is 79.9. The number of sulfonamides is 1. The monoisotopic (exact) mass is 429 g/mol.